The summed E-state index contributed by atoms with van der Waals surface area (Å²) in [5.74, 6) is 1.29. The van der Waals surface area contributed by atoms with Crippen molar-refractivity contribution < 1.29 is 9.59 Å². The van der Waals surface area contributed by atoms with E-state index < -0.39 is 0 Å². The van der Waals surface area contributed by atoms with Crippen molar-refractivity contribution in [3.8, 4) is 0 Å². The van der Waals surface area contributed by atoms with Gasteiger partial charge in [0.05, 0.1) is 11.4 Å². The highest BCUT2D eigenvalue weighted by Gasteiger charge is 2.21. The lowest BCUT2D eigenvalue weighted by Crippen LogP contribution is -1.98. The van der Waals surface area contributed by atoms with E-state index in [9.17, 15) is 9.59 Å². The first-order valence-corrected chi connectivity index (χ1v) is 13.3. The molecule has 6 heteroatoms. The average molecular weight is 529 g/mol. The van der Waals surface area contributed by atoms with Crippen LogP contribution in [0.15, 0.2) is 96.3 Å². The van der Waals surface area contributed by atoms with Gasteiger partial charge in [-0.15, -0.1) is 0 Å². The van der Waals surface area contributed by atoms with Gasteiger partial charge in [0, 0.05) is 24.2 Å². The second-order valence-electron chi connectivity index (χ2n) is 9.84. The number of ketones is 2. The van der Waals surface area contributed by atoms with Crippen LogP contribution in [0.1, 0.15) is 62.5 Å². The van der Waals surface area contributed by atoms with E-state index >= 15 is 0 Å². The second kappa shape index (κ2) is 19.1. The first-order valence-electron chi connectivity index (χ1n) is 13.3. The fraction of sp³-hybridized carbons (Fsp3) is 0.333. The molecule has 0 bridgehead atoms. The number of aryl methyl sites for hydroxylation is 2. The van der Waals surface area contributed by atoms with E-state index in [2.05, 4.69) is 10.2 Å². The molecule has 208 valence electrons. The molecule has 0 amide bonds. The first-order chi connectivity index (χ1) is 18.5. The third kappa shape index (κ3) is 19.7. The molecule has 1 fully saturated rings. The summed E-state index contributed by atoms with van der Waals surface area (Å²) in [5, 5.41) is 7.66. The summed E-state index contributed by atoms with van der Waals surface area (Å²) in [6, 6.07) is 23.4. The molecule has 3 aromatic rings. The van der Waals surface area contributed by atoms with Crippen molar-refractivity contribution in [3.63, 3.8) is 0 Å². The van der Waals surface area contributed by atoms with Crippen LogP contribution in [0.4, 0.5) is 0 Å². The van der Waals surface area contributed by atoms with Crippen LogP contribution in [-0.4, -0.2) is 21.8 Å². The molecule has 4 rings (SSSR count). The number of aromatic nitrogens is 2. The van der Waals surface area contributed by atoms with E-state index in [0.29, 0.717) is 12.8 Å². The number of hydrogen-bond acceptors (Lipinski definition) is 6. The molecular formula is C33H44N4O2. The molecule has 2 aromatic carbocycles. The minimum atomic E-state index is 0.214. The zero-order valence-corrected chi connectivity index (χ0v) is 24.1. The Morgan fingerprint density at radius 1 is 0.718 bits per heavy atom. The minimum Gasteiger partial charge on any atom is -0.402 e. The van der Waals surface area contributed by atoms with Crippen molar-refractivity contribution in [2.75, 3.05) is 0 Å². The summed E-state index contributed by atoms with van der Waals surface area (Å²) in [4.78, 5) is 21.2. The maximum atomic E-state index is 10.6. The Balaban J connectivity index is 0.000000261. The molecule has 1 aromatic heterocycles. The van der Waals surface area contributed by atoms with Gasteiger partial charge in [-0.05, 0) is 95.2 Å². The maximum Gasteiger partial charge on any atom is 0.134 e. The SMILES string of the molecule is C/C(N)=C/C=C(\N)CC1CC1.CC(=O)Cc1ccccc1.CC(=O)Cc1ccccc1.Cc1ccc(C)nn1. The normalized spacial score (nSPS) is 12.4. The van der Waals surface area contributed by atoms with Gasteiger partial charge in [-0.1, -0.05) is 60.7 Å². The number of hydrogen-bond donors (Lipinski definition) is 2. The zero-order valence-electron chi connectivity index (χ0n) is 24.1. The quantitative estimate of drug-likeness (QED) is 0.352. The molecule has 4 N–H and O–H groups in total. The molecule has 0 spiro atoms. The monoisotopic (exact) mass is 528 g/mol. The molecule has 0 atom stereocenters. The van der Waals surface area contributed by atoms with Crippen LogP contribution in [0.5, 0.6) is 0 Å². The van der Waals surface area contributed by atoms with Crippen LogP contribution in [0.3, 0.4) is 0 Å². The Labute approximate surface area is 234 Å². The highest BCUT2D eigenvalue weighted by molar-refractivity contribution is 5.78. The van der Waals surface area contributed by atoms with Crippen LogP contribution in [0.25, 0.3) is 0 Å². The zero-order chi connectivity index (χ0) is 29.0. The number of carbonyl (C=O) groups excluding carboxylic acids is 2. The van der Waals surface area contributed by atoms with Crippen molar-refractivity contribution in [3.05, 3.63) is 119 Å². The lowest BCUT2D eigenvalue weighted by atomic mass is 10.1. The van der Waals surface area contributed by atoms with E-state index in [1.165, 1.54) is 12.8 Å². The molecule has 0 saturated heterocycles. The predicted molar refractivity (Wildman–Crippen MR) is 161 cm³/mol. The Morgan fingerprint density at radius 2 is 1.13 bits per heavy atom. The summed E-state index contributed by atoms with van der Waals surface area (Å²) in [6.45, 7) is 8.92. The van der Waals surface area contributed by atoms with Crippen molar-refractivity contribution >= 4 is 11.6 Å². The standard InChI is InChI=1S/C9H16N2.2C9H10O.C6H8N2/c1-7(10)2-5-9(11)6-8-3-4-8;2*1-8(10)7-9-5-3-2-4-6-9;1-5-3-4-6(2)8-7-5/h2,5,8H,3-4,6,10-11H2,1H3;2*2-6H,7H2,1H3;3-4H,1-2H3/b7-2-,9-5-;;;. The number of nitrogens with zero attached hydrogens (tertiary/aromatic N) is 2. The molecule has 1 saturated carbocycles. The molecule has 0 radical (unpaired) electrons. The maximum absolute atomic E-state index is 10.6. The van der Waals surface area contributed by atoms with E-state index in [4.69, 9.17) is 11.5 Å². The summed E-state index contributed by atoms with van der Waals surface area (Å²) < 4.78 is 0. The van der Waals surface area contributed by atoms with Crippen LogP contribution < -0.4 is 11.5 Å². The van der Waals surface area contributed by atoms with Gasteiger partial charge >= 0.3 is 0 Å². The van der Waals surface area contributed by atoms with Gasteiger partial charge in [0.2, 0.25) is 0 Å². The van der Waals surface area contributed by atoms with Crippen molar-refractivity contribution in [2.45, 2.75) is 66.7 Å². The smallest absolute Gasteiger partial charge is 0.134 e. The third-order valence-corrected chi connectivity index (χ3v) is 5.30. The fourth-order valence-electron chi connectivity index (χ4n) is 3.19. The van der Waals surface area contributed by atoms with Crippen LogP contribution in [0.2, 0.25) is 0 Å². The van der Waals surface area contributed by atoms with Crippen LogP contribution in [0, 0.1) is 19.8 Å². The Morgan fingerprint density at radius 3 is 1.44 bits per heavy atom. The highest BCUT2D eigenvalue weighted by Crippen LogP contribution is 2.33. The van der Waals surface area contributed by atoms with Gasteiger partial charge < -0.3 is 11.5 Å². The van der Waals surface area contributed by atoms with Gasteiger partial charge in [0.15, 0.2) is 0 Å². The number of rotatable bonds is 7. The summed E-state index contributed by atoms with van der Waals surface area (Å²) in [6.07, 6.45) is 8.62. The molecule has 39 heavy (non-hydrogen) atoms. The third-order valence-electron chi connectivity index (χ3n) is 5.30. The minimum absolute atomic E-state index is 0.214. The van der Waals surface area contributed by atoms with Gasteiger partial charge in [-0.3, -0.25) is 9.59 Å². The summed E-state index contributed by atoms with van der Waals surface area (Å²) in [5.41, 5.74) is 17.1. The predicted octanol–water partition coefficient (Wildman–Crippen LogP) is 6.22. The lowest BCUT2D eigenvalue weighted by molar-refractivity contribution is -0.117. The van der Waals surface area contributed by atoms with E-state index in [-0.39, 0.29) is 11.6 Å². The second-order valence-corrected chi connectivity index (χ2v) is 9.84. The molecule has 1 aliphatic carbocycles. The van der Waals surface area contributed by atoms with E-state index in [1.54, 1.807) is 13.8 Å². The molecule has 1 aliphatic rings. The first kappa shape index (κ1) is 33.0. The number of nitrogens with two attached hydrogens (primary N) is 2. The molecule has 6 nitrogen and oxygen atoms in total. The molecule has 0 unspecified atom stereocenters. The van der Waals surface area contributed by atoms with Gasteiger partial charge in [-0.25, -0.2) is 0 Å². The summed E-state index contributed by atoms with van der Waals surface area (Å²) in [7, 11) is 0. The Bertz CT molecular complexity index is 1090. The van der Waals surface area contributed by atoms with Gasteiger partial charge in [0.1, 0.15) is 11.6 Å². The van der Waals surface area contributed by atoms with Gasteiger partial charge in [0.25, 0.3) is 0 Å². The van der Waals surface area contributed by atoms with Crippen LogP contribution in [-0.2, 0) is 22.4 Å². The van der Waals surface area contributed by atoms with E-state index in [1.807, 2.05) is 106 Å². The number of carbonyl (C=O) groups is 2. The molecule has 1 heterocycles. The molecular weight excluding hydrogens is 484 g/mol. The fourth-order valence-corrected chi connectivity index (χ4v) is 3.19. The lowest BCUT2D eigenvalue weighted by Gasteiger charge is -1.96. The van der Waals surface area contributed by atoms with Crippen LogP contribution >= 0.6 is 0 Å². The number of allylic oxidation sites excluding steroid dienone is 4. The number of Topliss-reactive ketones (excluding diaryl/α,β-unsaturated/α-hetero) is 2. The topological polar surface area (TPSA) is 112 Å². The Kier molecular flexibility index (Phi) is 16.1. The Hall–Kier alpha value is -4.06. The van der Waals surface area contributed by atoms with Gasteiger partial charge in [-0.2, -0.15) is 10.2 Å². The number of benzene rings is 2. The largest absolute Gasteiger partial charge is 0.402 e. The average Bonchev–Trinajstić information content (AvgIpc) is 3.70. The molecule has 0 aliphatic heterocycles. The van der Waals surface area contributed by atoms with Crippen molar-refractivity contribution in [1.29, 1.82) is 0 Å². The summed E-state index contributed by atoms with van der Waals surface area (Å²) >= 11 is 0. The van der Waals surface area contributed by atoms with E-state index in [0.717, 1.165) is 46.2 Å². The highest BCUT2D eigenvalue weighted by atomic mass is 16.1. The van der Waals surface area contributed by atoms with Crippen molar-refractivity contribution in [2.24, 2.45) is 17.4 Å². The van der Waals surface area contributed by atoms with Crippen molar-refractivity contribution in [1.82, 2.24) is 10.2 Å².